The molecule has 1 heterocycles. The number of halogens is 1. The maximum Gasteiger partial charge on any atom is 0.233 e. The fraction of sp³-hybridized carbons (Fsp3) is 0.286. The number of imide groups is 1. The van der Waals surface area contributed by atoms with Crippen LogP contribution >= 0.6 is 15.9 Å². The molecular formula is C7H5BrN2O2. The van der Waals surface area contributed by atoms with Gasteiger partial charge >= 0.3 is 0 Å². The highest BCUT2D eigenvalue weighted by molar-refractivity contribution is 9.12. The van der Waals surface area contributed by atoms with Gasteiger partial charge in [0.2, 0.25) is 11.8 Å². The summed E-state index contributed by atoms with van der Waals surface area (Å²) in [6, 6.07) is 1.76. The predicted octanol–water partition coefficient (Wildman–Crippen LogP) is 0.895. The topological polar surface area (TPSA) is 61.2 Å². The summed E-state index contributed by atoms with van der Waals surface area (Å²) in [5.41, 5.74) is 0. The first-order valence-corrected chi connectivity index (χ1v) is 4.07. The zero-order chi connectivity index (χ0) is 9.14. The van der Waals surface area contributed by atoms with Gasteiger partial charge in [0.15, 0.2) is 0 Å². The molecule has 0 radical (unpaired) electrons. The van der Waals surface area contributed by atoms with Crippen LogP contribution in [0, 0.1) is 11.3 Å². The molecule has 1 rings (SSSR count). The lowest BCUT2D eigenvalue weighted by molar-refractivity contribution is -0.135. The molecule has 0 N–H and O–H groups in total. The quantitative estimate of drug-likeness (QED) is 0.495. The van der Waals surface area contributed by atoms with E-state index in [0.717, 1.165) is 4.90 Å². The van der Waals surface area contributed by atoms with E-state index in [1.165, 1.54) is 6.20 Å². The van der Waals surface area contributed by atoms with E-state index >= 15 is 0 Å². The summed E-state index contributed by atoms with van der Waals surface area (Å²) in [7, 11) is 0. The van der Waals surface area contributed by atoms with E-state index in [2.05, 4.69) is 15.9 Å². The number of nitriles is 1. The molecule has 1 fully saturated rings. The van der Waals surface area contributed by atoms with Gasteiger partial charge in [-0.1, -0.05) is 0 Å². The van der Waals surface area contributed by atoms with E-state index in [-0.39, 0.29) is 29.1 Å². The lowest BCUT2D eigenvalue weighted by Gasteiger charge is -2.05. The average Bonchev–Trinajstić information content (AvgIpc) is 2.35. The van der Waals surface area contributed by atoms with Gasteiger partial charge in [0.25, 0.3) is 0 Å². The van der Waals surface area contributed by atoms with Crippen molar-refractivity contribution in [3.8, 4) is 6.07 Å². The summed E-state index contributed by atoms with van der Waals surface area (Å²) in [5, 5.41) is 8.35. The van der Waals surface area contributed by atoms with Crippen molar-refractivity contribution < 1.29 is 9.59 Å². The van der Waals surface area contributed by atoms with Crippen molar-refractivity contribution in [2.45, 2.75) is 12.8 Å². The summed E-state index contributed by atoms with van der Waals surface area (Å²) in [6.07, 6.45) is 1.68. The molecule has 0 bridgehead atoms. The molecule has 62 valence electrons. The fourth-order valence-corrected chi connectivity index (χ4v) is 1.08. The van der Waals surface area contributed by atoms with Crippen molar-refractivity contribution in [3.63, 3.8) is 0 Å². The highest BCUT2D eigenvalue weighted by atomic mass is 79.9. The molecule has 0 spiro atoms. The Hall–Kier alpha value is -1.15. The van der Waals surface area contributed by atoms with E-state index in [9.17, 15) is 9.59 Å². The van der Waals surface area contributed by atoms with Crippen LogP contribution in [0.4, 0.5) is 0 Å². The van der Waals surface area contributed by atoms with Crippen LogP contribution < -0.4 is 0 Å². The maximum absolute atomic E-state index is 11.0. The molecule has 1 saturated heterocycles. The van der Waals surface area contributed by atoms with Crippen LogP contribution in [0.2, 0.25) is 0 Å². The third-order valence-electron chi connectivity index (χ3n) is 1.44. The molecule has 0 unspecified atom stereocenters. The zero-order valence-electron chi connectivity index (χ0n) is 6.08. The molecule has 0 saturated carbocycles. The molecule has 4 nitrogen and oxygen atoms in total. The number of hydrogen-bond acceptors (Lipinski definition) is 3. The van der Waals surface area contributed by atoms with Crippen molar-refractivity contribution in [1.29, 1.82) is 5.26 Å². The van der Waals surface area contributed by atoms with Crippen molar-refractivity contribution in [2.24, 2.45) is 0 Å². The van der Waals surface area contributed by atoms with Crippen molar-refractivity contribution >= 4 is 27.7 Å². The smallest absolute Gasteiger partial charge is 0.233 e. The predicted molar refractivity (Wildman–Crippen MR) is 43.7 cm³/mol. The second-order valence-electron chi connectivity index (χ2n) is 2.25. The molecule has 0 aromatic carbocycles. The van der Waals surface area contributed by atoms with E-state index in [1.807, 2.05) is 0 Å². The second kappa shape index (κ2) is 3.50. The number of likely N-dealkylation sites (tertiary alicyclic amines) is 1. The Kier molecular flexibility index (Phi) is 2.61. The Morgan fingerprint density at radius 1 is 1.50 bits per heavy atom. The van der Waals surface area contributed by atoms with Crippen molar-refractivity contribution in [3.05, 3.63) is 10.7 Å². The number of carbonyl (C=O) groups is 2. The van der Waals surface area contributed by atoms with E-state index in [1.54, 1.807) is 6.07 Å². The average molecular weight is 229 g/mol. The monoisotopic (exact) mass is 228 g/mol. The Morgan fingerprint density at radius 3 is 2.42 bits per heavy atom. The van der Waals surface area contributed by atoms with Gasteiger partial charge in [-0.2, -0.15) is 5.26 Å². The standard InChI is InChI=1S/C7H5BrN2O2/c8-5(3-9)4-10-6(11)1-2-7(10)12/h4H,1-2H2/b5-4+. The van der Waals surface area contributed by atoms with Crippen LogP contribution in [-0.2, 0) is 9.59 Å². The van der Waals surface area contributed by atoms with Crippen LogP contribution in [0.1, 0.15) is 12.8 Å². The number of amides is 2. The summed E-state index contributed by atoms with van der Waals surface area (Å²) in [6.45, 7) is 0. The lowest BCUT2D eigenvalue weighted by atomic mass is 10.4. The fourth-order valence-electron chi connectivity index (χ4n) is 0.880. The van der Waals surface area contributed by atoms with E-state index in [4.69, 9.17) is 5.26 Å². The first-order chi connectivity index (χ1) is 5.65. The van der Waals surface area contributed by atoms with Gasteiger partial charge in [-0.3, -0.25) is 14.5 Å². The van der Waals surface area contributed by atoms with Gasteiger partial charge in [0, 0.05) is 19.0 Å². The van der Waals surface area contributed by atoms with Crippen molar-refractivity contribution in [1.82, 2.24) is 4.90 Å². The lowest BCUT2D eigenvalue weighted by Crippen LogP contribution is -2.22. The Balaban J connectivity index is 2.83. The van der Waals surface area contributed by atoms with Crippen LogP contribution in [0.25, 0.3) is 0 Å². The van der Waals surface area contributed by atoms with Gasteiger partial charge in [-0.15, -0.1) is 0 Å². The minimum atomic E-state index is -0.257. The summed E-state index contributed by atoms with van der Waals surface area (Å²) < 4.78 is 0.172. The van der Waals surface area contributed by atoms with Crippen LogP contribution in [0.3, 0.4) is 0 Å². The highest BCUT2D eigenvalue weighted by Gasteiger charge is 2.27. The number of nitrogens with zero attached hydrogens (tertiary/aromatic N) is 2. The normalized spacial score (nSPS) is 18.3. The van der Waals surface area contributed by atoms with Crippen LogP contribution in [0.5, 0.6) is 0 Å². The van der Waals surface area contributed by atoms with Crippen molar-refractivity contribution in [2.75, 3.05) is 0 Å². The third kappa shape index (κ3) is 1.71. The summed E-state index contributed by atoms with van der Waals surface area (Å²) in [5.74, 6) is -0.514. The molecule has 1 aliphatic heterocycles. The highest BCUT2D eigenvalue weighted by Crippen LogP contribution is 2.15. The first kappa shape index (κ1) is 8.94. The summed E-state index contributed by atoms with van der Waals surface area (Å²) in [4.78, 5) is 22.9. The number of carbonyl (C=O) groups excluding carboxylic acids is 2. The van der Waals surface area contributed by atoms with Gasteiger partial charge < -0.3 is 0 Å². The van der Waals surface area contributed by atoms with Gasteiger partial charge in [-0.05, 0) is 15.9 Å². The minimum Gasteiger partial charge on any atom is -0.274 e. The van der Waals surface area contributed by atoms with Gasteiger partial charge in [0.05, 0.1) is 0 Å². The summed E-state index contributed by atoms with van der Waals surface area (Å²) >= 11 is 2.90. The van der Waals surface area contributed by atoms with Gasteiger partial charge in [0.1, 0.15) is 10.6 Å². The molecule has 0 aromatic heterocycles. The Bertz CT molecular complexity index is 287. The molecule has 1 aliphatic rings. The third-order valence-corrected chi connectivity index (χ3v) is 1.82. The van der Waals surface area contributed by atoms with E-state index in [0.29, 0.717) is 0 Å². The number of allylic oxidation sites excluding steroid dienone is 1. The van der Waals surface area contributed by atoms with E-state index < -0.39 is 0 Å². The molecule has 5 heteroatoms. The molecule has 0 aromatic rings. The molecular weight excluding hydrogens is 224 g/mol. The molecule has 0 aliphatic carbocycles. The SMILES string of the molecule is N#C/C(Br)=C\N1C(=O)CCC1=O. The maximum atomic E-state index is 11.0. The zero-order valence-corrected chi connectivity index (χ0v) is 7.67. The van der Waals surface area contributed by atoms with Crippen LogP contribution in [0.15, 0.2) is 10.7 Å². The number of rotatable bonds is 1. The van der Waals surface area contributed by atoms with Gasteiger partial charge in [-0.25, -0.2) is 0 Å². The largest absolute Gasteiger partial charge is 0.274 e. The van der Waals surface area contributed by atoms with Crippen LogP contribution in [-0.4, -0.2) is 16.7 Å². The number of hydrogen-bond donors (Lipinski definition) is 0. The second-order valence-corrected chi connectivity index (χ2v) is 3.10. The Morgan fingerprint density at radius 2 is 2.00 bits per heavy atom. The minimum absolute atomic E-state index is 0.172. The Labute approximate surface area is 77.6 Å². The molecule has 12 heavy (non-hydrogen) atoms. The molecule has 2 amide bonds. The first-order valence-electron chi connectivity index (χ1n) is 3.27. The molecule has 0 atom stereocenters.